The molecule has 0 aromatic carbocycles. The maximum Gasteiger partial charge on any atom is 0.407 e. The molecule has 1 heterocycles. The molecule has 5 nitrogen and oxygen atoms in total. The van der Waals surface area contributed by atoms with Crippen molar-refractivity contribution in [2.45, 2.75) is 38.8 Å². The van der Waals surface area contributed by atoms with Crippen LogP contribution in [0.25, 0.3) is 0 Å². The van der Waals surface area contributed by atoms with Crippen molar-refractivity contribution >= 4 is 22.0 Å². The monoisotopic (exact) mass is 329 g/mol. The van der Waals surface area contributed by atoms with Gasteiger partial charge in [-0.1, -0.05) is 0 Å². The third kappa shape index (κ3) is 6.54. The standard InChI is InChI=1S/C13H20BrN3O2/c1-13(2,3)19-12(18)17-8-9(15)7-11-10(14)5-4-6-16-11/h4-6,9H,7-8,15H2,1-3H3,(H,17,18). The smallest absolute Gasteiger partial charge is 0.407 e. The molecule has 3 N–H and O–H groups in total. The molecule has 0 aliphatic rings. The summed E-state index contributed by atoms with van der Waals surface area (Å²) in [4.78, 5) is 15.7. The fraction of sp³-hybridized carbons (Fsp3) is 0.538. The van der Waals surface area contributed by atoms with Crippen LogP contribution in [0.5, 0.6) is 0 Å². The topological polar surface area (TPSA) is 77.2 Å². The van der Waals surface area contributed by atoms with Crippen LogP contribution in [0.4, 0.5) is 4.79 Å². The number of carbonyl (C=O) groups excluding carboxylic acids is 1. The Balaban J connectivity index is 2.38. The number of nitrogens with one attached hydrogen (secondary N) is 1. The Morgan fingerprint density at radius 1 is 1.58 bits per heavy atom. The number of ether oxygens (including phenoxy) is 1. The Labute approximate surface area is 122 Å². The number of rotatable bonds is 4. The van der Waals surface area contributed by atoms with E-state index in [0.29, 0.717) is 13.0 Å². The highest BCUT2D eigenvalue weighted by Crippen LogP contribution is 2.14. The molecule has 0 radical (unpaired) electrons. The van der Waals surface area contributed by atoms with Gasteiger partial charge in [0.05, 0.1) is 5.69 Å². The summed E-state index contributed by atoms with van der Waals surface area (Å²) in [6.45, 7) is 5.80. The summed E-state index contributed by atoms with van der Waals surface area (Å²) < 4.78 is 6.05. The van der Waals surface area contributed by atoms with Crippen LogP contribution < -0.4 is 11.1 Å². The Hall–Kier alpha value is -1.14. The molecular weight excluding hydrogens is 310 g/mol. The number of pyridine rings is 1. The Morgan fingerprint density at radius 2 is 2.26 bits per heavy atom. The van der Waals surface area contributed by atoms with E-state index >= 15 is 0 Å². The summed E-state index contributed by atoms with van der Waals surface area (Å²) in [6, 6.07) is 3.55. The van der Waals surface area contributed by atoms with E-state index in [9.17, 15) is 4.79 Å². The van der Waals surface area contributed by atoms with Crippen molar-refractivity contribution in [2.24, 2.45) is 5.73 Å². The number of amides is 1. The molecule has 1 aromatic heterocycles. The predicted octanol–water partition coefficient (Wildman–Crippen LogP) is 2.24. The van der Waals surface area contributed by atoms with Crippen molar-refractivity contribution in [3.8, 4) is 0 Å². The largest absolute Gasteiger partial charge is 0.444 e. The highest BCUT2D eigenvalue weighted by Gasteiger charge is 2.17. The van der Waals surface area contributed by atoms with E-state index in [2.05, 4.69) is 26.2 Å². The first-order valence-corrected chi connectivity index (χ1v) is 6.89. The zero-order chi connectivity index (χ0) is 14.5. The maximum atomic E-state index is 11.5. The van der Waals surface area contributed by atoms with E-state index in [1.807, 2.05) is 32.9 Å². The van der Waals surface area contributed by atoms with Crippen LogP contribution in [-0.4, -0.2) is 29.3 Å². The molecule has 0 bridgehead atoms. The van der Waals surface area contributed by atoms with Gasteiger partial charge in [-0.05, 0) is 48.8 Å². The van der Waals surface area contributed by atoms with Crippen molar-refractivity contribution in [3.05, 3.63) is 28.5 Å². The second kappa shape index (κ2) is 6.86. The van der Waals surface area contributed by atoms with Crippen molar-refractivity contribution in [2.75, 3.05) is 6.54 Å². The van der Waals surface area contributed by atoms with Crippen LogP contribution in [0.3, 0.4) is 0 Å². The number of hydrogen-bond donors (Lipinski definition) is 2. The molecule has 1 amide bonds. The average molecular weight is 330 g/mol. The second-order valence-corrected chi connectivity index (χ2v) is 6.13. The molecule has 1 rings (SSSR count). The van der Waals surface area contributed by atoms with E-state index < -0.39 is 11.7 Å². The minimum absolute atomic E-state index is 0.210. The van der Waals surface area contributed by atoms with Crippen LogP contribution in [0.2, 0.25) is 0 Å². The summed E-state index contributed by atoms with van der Waals surface area (Å²) in [7, 11) is 0. The van der Waals surface area contributed by atoms with Crippen molar-refractivity contribution in [1.29, 1.82) is 0 Å². The molecule has 19 heavy (non-hydrogen) atoms. The van der Waals surface area contributed by atoms with Crippen LogP contribution >= 0.6 is 15.9 Å². The SMILES string of the molecule is CC(C)(C)OC(=O)NCC(N)Cc1ncccc1Br. The quantitative estimate of drug-likeness (QED) is 0.888. The van der Waals surface area contributed by atoms with Gasteiger partial charge in [-0.3, -0.25) is 4.98 Å². The van der Waals surface area contributed by atoms with Gasteiger partial charge < -0.3 is 15.8 Å². The lowest BCUT2D eigenvalue weighted by atomic mass is 10.1. The first kappa shape index (κ1) is 15.9. The lowest BCUT2D eigenvalue weighted by Crippen LogP contribution is -2.41. The molecule has 0 fully saturated rings. The lowest BCUT2D eigenvalue weighted by molar-refractivity contribution is 0.0524. The molecule has 0 aliphatic carbocycles. The van der Waals surface area contributed by atoms with Crippen LogP contribution in [0.15, 0.2) is 22.8 Å². The van der Waals surface area contributed by atoms with Crippen LogP contribution in [-0.2, 0) is 11.2 Å². The molecule has 1 aromatic rings. The van der Waals surface area contributed by atoms with Gasteiger partial charge in [0.15, 0.2) is 0 Å². The first-order valence-electron chi connectivity index (χ1n) is 6.10. The normalized spacial score (nSPS) is 12.9. The summed E-state index contributed by atoms with van der Waals surface area (Å²) >= 11 is 3.41. The number of carbonyl (C=O) groups is 1. The fourth-order valence-corrected chi connectivity index (χ4v) is 1.83. The highest BCUT2D eigenvalue weighted by molar-refractivity contribution is 9.10. The molecule has 0 saturated carbocycles. The average Bonchev–Trinajstić information content (AvgIpc) is 2.27. The summed E-state index contributed by atoms with van der Waals surface area (Å²) in [5.74, 6) is 0. The van der Waals surface area contributed by atoms with E-state index in [0.717, 1.165) is 10.2 Å². The molecule has 0 spiro atoms. The molecular formula is C13H20BrN3O2. The van der Waals surface area contributed by atoms with Crippen LogP contribution in [0, 0.1) is 0 Å². The molecule has 0 aliphatic heterocycles. The maximum absolute atomic E-state index is 11.5. The molecule has 1 unspecified atom stereocenters. The van der Waals surface area contributed by atoms with E-state index in [-0.39, 0.29) is 6.04 Å². The number of nitrogens with zero attached hydrogens (tertiary/aromatic N) is 1. The van der Waals surface area contributed by atoms with E-state index in [1.54, 1.807) is 6.20 Å². The Kier molecular flexibility index (Phi) is 5.75. The van der Waals surface area contributed by atoms with Crippen molar-refractivity contribution in [1.82, 2.24) is 10.3 Å². The number of hydrogen-bond acceptors (Lipinski definition) is 4. The Bertz CT molecular complexity index is 432. The van der Waals surface area contributed by atoms with Gasteiger partial charge in [-0.15, -0.1) is 0 Å². The zero-order valence-electron chi connectivity index (χ0n) is 11.4. The summed E-state index contributed by atoms with van der Waals surface area (Å²) in [6.07, 6.45) is 1.84. The predicted molar refractivity (Wildman–Crippen MR) is 77.9 cm³/mol. The van der Waals surface area contributed by atoms with Crippen LogP contribution in [0.1, 0.15) is 26.5 Å². The van der Waals surface area contributed by atoms with Gasteiger partial charge in [0, 0.05) is 29.7 Å². The molecule has 106 valence electrons. The number of aromatic nitrogens is 1. The number of alkyl carbamates (subject to hydrolysis) is 1. The van der Waals surface area contributed by atoms with E-state index in [4.69, 9.17) is 10.5 Å². The minimum atomic E-state index is -0.502. The van der Waals surface area contributed by atoms with Crippen molar-refractivity contribution < 1.29 is 9.53 Å². The third-order valence-corrected chi connectivity index (χ3v) is 2.92. The summed E-state index contributed by atoms with van der Waals surface area (Å²) in [5, 5.41) is 2.65. The fourth-order valence-electron chi connectivity index (χ4n) is 1.42. The molecule has 6 heteroatoms. The second-order valence-electron chi connectivity index (χ2n) is 5.28. The van der Waals surface area contributed by atoms with Gasteiger partial charge >= 0.3 is 6.09 Å². The van der Waals surface area contributed by atoms with Crippen molar-refractivity contribution in [3.63, 3.8) is 0 Å². The highest BCUT2D eigenvalue weighted by atomic mass is 79.9. The summed E-state index contributed by atoms with van der Waals surface area (Å²) in [5.41, 5.74) is 6.33. The Morgan fingerprint density at radius 3 is 2.84 bits per heavy atom. The molecule has 0 saturated heterocycles. The van der Waals surface area contributed by atoms with Gasteiger partial charge in [-0.2, -0.15) is 0 Å². The number of nitrogens with two attached hydrogens (primary N) is 1. The van der Waals surface area contributed by atoms with Gasteiger partial charge in [0.1, 0.15) is 5.60 Å². The van der Waals surface area contributed by atoms with Gasteiger partial charge in [-0.25, -0.2) is 4.79 Å². The molecule has 1 atom stereocenters. The third-order valence-electron chi connectivity index (χ3n) is 2.20. The van der Waals surface area contributed by atoms with Gasteiger partial charge in [0.25, 0.3) is 0 Å². The zero-order valence-corrected chi connectivity index (χ0v) is 13.0. The number of halogens is 1. The van der Waals surface area contributed by atoms with E-state index in [1.165, 1.54) is 0 Å². The van der Waals surface area contributed by atoms with Gasteiger partial charge in [0.2, 0.25) is 0 Å². The minimum Gasteiger partial charge on any atom is -0.444 e. The first-order chi connectivity index (χ1) is 8.78. The lowest BCUT2D eigenvalue weighted by Gasteiger charge is -2.20.